The molecular weight excluding hydrogens is 262 g/mol. The van der Waals surface area contributed by atoms with Crippen LogP contribution >= 0.6 is 11.6 Å². The van der Waals surface area contributed by atoms with E-state index in [0.29, 0.717) is 11.6 Å². The average molecular weight is 284 g/mol. The van der Waals surface area contributed by atoms with Gasteiger partial charge >= 0.3 is 0 Å². The summed E-state index contributed by atoms with van der Waals surface area (Å²) in [5.41, 5.74) is 7.12. The van der Waals surface area contributed by atoms with Gasteiger partial charge < -0.3 is 15.2 Å². The number of rotatable bonds is 5. The van der Waals surface area contributed by atoms with Crippen molar-refractivity contribution in [1.29, 1.82) is 0 Å². The topological polar surface area (TPSA) is 44.5 Å². The molecular formula is C15H22ClNO2. The minimum Gasteiger partial charge on any atom is -0.486 e. The number of ether oxygens (including phenoxy) is 2. The number of hydrogen-bond acceptors (Lipinski definition) is 3. The van der Waals surface area contributed by atoms with E-state index in [1.54, 1.807) is 0 Å². The lowest BCUT2D eigenvalue weighted by Gasteiger charge is -2.25. The van der Waals surface area contributed by atoms with Gasteiger partial charge in [0, 0.05) is 12.6 Å². The van der Waals surface area contributed by atoms with Gasteiger partial charge in [0.2, 0.25) is 0 Å². The van der Waals surface area contributed by atoms with Crippen LogP contribution < -0.4 is 10.5 Å². The number of hydrogen-bond donors (Lipinski definition) is 1. The summed E-state index contributed by atoms with van der Waals surface area (Å²) >= 11 is 6.27. The smallest absolute Gasteiger partial charge is 0.141 e. The fourth-order valence-corrected chi connectivity index (χ4v) is 2.48. The van der Waals surface area contributed by atoms with Gasteiger partial charge in [-0.05, 0) is 37.3 Å². The Bertz CT molecular complexity index is 405. The number of nitrogens with two attached hydrogens (primary N) is 1. The van der Waals surface area contributed by atoms with Crippen LogP contribution in [0.15, 0.2) is 18.2 Å². The second-order valence-corrected chi connectivity index (χ2v) is 5.46. The quantitative estimate of drug-likeness (QED) is 0.903. The molecule has 2 N–H and O–H groups in total. The van der Waals surface area contributed by atoms with E-state index in [1.165, 1.54) is 0 Å². The van der Waals surface area contributed by atoms with Gasteiger partial charge in [-0.3, -0.25) is 0 Å². The number of halogens is 1. The molecule has 0 spiro atoms. The lowest BCUT2D eigenvalue weighted by atomic mass is 10.0. The molecule has 1 heterocycles. The molecule has 0 saturated carbocycles. The summed E-state index contributed by atoms with van der Waals surface area (Å²) in [6.45, 7) is 3.56. The molecule has 3 nitrogen and oxygen atoms in total. The van der Waals surface area contributed by atoms with E-state index in [1.807, 2.05) is 18.2 Å². The van der Waals surface area contributed by atoms with Gasteiger partial charge in [-0.2, -0.15) is 0 Å². The van der Waals surface area contributed by atoms with Gasteiger partial charge in [0.1, 0.15) is 11.9 Å². The molecule has 106 valence electrons. The Balaban J connectivity index is 2.12. The van der Waals surface area contributed by atoms with Crippen LogP contribution in [0.5, 0.6) is 5.75 Å². The highest BCUT2D eigenvalue weighted by atomic mass is 35.5. The van der Waals surface area contributed by atoms with Gasteiger partial charge in [0.15, 0.2) is 0 Å². The van der Waals surface area contributed by atoms with E-state index in [-0.39, 0.29) is 12.1 Å². The molecule has 2 atom stereocenters. The number of para-hydroxylation sites is 1. The van der Waals surface area contributed by atoms with Crippen molar-refractivity contribution in [2.75, 3.05) is 13.2 Å². The van der Waals surface area contributed by atoms with Crippen LogP contribution in [-0.4, -0.2) is 25.4 Å². The summed E-state index contributed by atoms with van der Waals surface area (Å²) in [7, 11) is 0. The van der Waals surface area contributed by atoms with Crippen molar-refractivity contribution < 1.29 is 9.47 Å². The molecule has 1 aromatic carbocycles. The van der Waals surface area contributed by atoms with Crippen LogP contribution in [0, 0.1) is 0 Å². The Morgan fingerprint density at radius 1 is 1.53 bits per heavy atom. The third-order valence-corrected chi connectivity index (χ3v) is 3.76. The van der Waals surface area contributed by atoms with Gasteiger partial charge in [-0.15, -0.1) is 0 Å². The van der Waals surface area contributed by atoms with Crippen LogP contribution in [0.4, 0.5) is 0 Å². The molecule has 2 unspecified atom stereocenters. The maximum absolute atomic E-state index is 6.27. The van der Waals surface area contributed by atoms with Crippen LogP contribution in [0.25, 0.3) is 0 Å². The third kappa shape index (κ3) is 4.10. The first-order chi connectivity index (χ1) is 9.20. The summed E-state index contributed by atoms with van der Waals surface area (Å²) in [6.07, 6.45) is 3.90. The zero-order chi connectivity index (χ0) is 13.7. The lowest BCUT2D eigenvalue weighted by molar-refractivity contribution is 0.00706. The van der Waals surface area contributed by atoms with Gasteiger partial charge in [-0.25, -0.2) is 0 Å². The Morgan fingerprint density at radius 2 is 2.37 bits per heavy atom. The fraction of sp³-hybridized carbons (Fsp3) is 0.600. The summed E-state index contributed by atoms with van der Waals surface area (Å²) in [5.74, 6) is 0.781. The zero-order valence-electron chi connectivity index (χ0n) is 11.4. The van der Waals surface area contributed by atoms with Crippen LogP contribution in [0.3, 0.4) is 0 Å². The van der Waals surface area contributed by atoms with E-state index in [2.05, 4.69) is 6.92 Å². The summed E-state index contributed by atoms with van der Waals surface area (Å²) < 4.78 is 11.5. The van der Waals surface area contributed by atoms with Crippen molar-refractivity contribution in [2.45, 2.75) is 44.8 Å². The molecule has 1 saturated heterocycles. The Labute approximate surface area is 120 Å². The van der Waals surface area contributed by atoms with Crippen molar-refractivity contribution >= 4 is 11.6 Å². The van der Waals surface area contributed by atoms with Crippen LogP contribution in [0.2, 0.25) is 5.02 Å². The molecule has 0 aromatic heterocycles. The van der Waals surface area contributed by atoms with E-state index in [4.69, 9.17) is 26.8 Å². The first-order valence-corrected chi connectivity index (χ1v) is 7.36. The Kier molecular flexibility index (Phi) is 5.49. The molecule has 1 aliphatic rings. The molecule has 2 rings (SSSR count). The van der Waals surface area contributed by atoms with Crippen molar-refractivity contribution in [2.24, 2.45) is 5.73 Å². The van der Waals surface area contributed by atoms with Crippen LogP contribution in [-0.2, 0) is 11.2 Å². The molecule has 0 radical (unpaired) electrons. The zero-order valence-corrected chi connectivity index (χ0v) is 12.2. The monoisotopic (exact) mass is 283 g/mol. The molecule has 19 heavy (non-hydrogen) atoms. The van der Waals surface area contributed by atoms with Crippen LogP contribution in [0.1, 0.15) is 31.7 Å². The largest absolute Gasteiger partial charge is 0.486 e. The van der Waals surface area contributed by atoms with Crippen molar-refractivity contribution in [1.82, 2.24) is 0 Å². The fourth-order valence-electron chi connectivity index (χ4n) is 2.24. The summed E-state index contributed by atoms with van der Waals surface area (Å²) in [5, 5.41) is 0.659. The SMILES string of the molecule is CCC(N)Cc1cccc(Cl)c1OC1CCCOC1. The molecule has 0 aliphatic carbocycles. The molecule has 0 amide bonds. The first-order valence-electron chi connectivity index (χ1n) is 6.98. The highest BCUT2D eigenvalue weighted by Gasteiger charge is 2.19. The predicted molar refractivity (Wildman–Crippen MR) is 77.9 cm³/mol. The Morgan fingerprint density at radius 3 is 3.05 bits per heavy atom. The summed E-state index contributed by atoms with van der Waals surface area (Å²) in [6, 6.07) is 6.00. The molecule has 4 heteroatoms. The predicted octanol–water partition coefficient (Wildman–Crippen LogP) is 3.18. The minimum absolute atomic E-state index is 0.102. The lowest BCUT2D eigenvalue weighted by Crippen LogP contribution is -2.29. The van der Waals surface area contributed by atoms with Gasteiger partial charge in [-0.1, -0.05) is 30.7 Å². The number of benzene rings is 1. The summed E-state index contributed by atoms with van der Waals surface area (Å²) in [4.78, 5) is 0. The van der Waals surface area contributed by atoms with E-state index in [9.17, 15) is 0 Å². The Hall–Kier alpha value is -0.770. The molecule has 1 fully saturated rings. The van der Waals surface area contributed by atoms with Gasteiger partial charge in [0.25, 0.3) is 0 Å². The van der Waals surface area contributed by atoms with Crippen molar-refractivity contribution in [3.8, 4) is 5.75 Å². The normalized spacial score (nSPS) is 21.1. The van der Waals surface area contributed by atoms with Gasteiger partial charge in [0.05, 0.1) is 11.6 Å². The maximum Gasteiger partial charge on any atom is 0.141 e. The highest BCUT2D eigenvalue weighted by Crippen LogP contribution is 2.31. The van der Waals surface area contributed by atoms with E-state index >= 15 is 0 Å². The third-order valence-electron chi connectivity index (χ3n) is 3.46. The first kappa shape index (κ1) is 14.6. The molecule has 1 aliphatic heterocycles. The average Bonchev–Trinajstić information content (AvgIpc) is 2.43. The molecule has 1 aromatic rings. The van der Waals surface area contributed by atoms with E-state index < -0.39 is 0 Å². The minimum atomic E-state index is 0.102. The second kappa shape index (κ2) is 7.13. The van der Waals surface area contributed by atoms with Crippen molar-refractivity contribution in [3.63, 3.8) is 0 Å². The standard InChI is InChI=1S/C15H22ClNO2/c1-2-12(17)9-11-5-3-7-14(16)15(11)19-13-6-4-8-18-10-13/h3,5,7,12-13H,2,4,6,8-10,17H2,1H3. The maximum atomic E-state index is 6.27. The van der Waals surface area contributed by atoms with E-state index in [0.717, 1.165) is 43.6 Å². The van der Waals surface area contributed by atoms with Crippen molar-refractivity contribution in [3.05, 3.63) is 28.8 Å². The molecule has 0 bridgehead atoms. The highest BCUT2D eigenvalue weighted by molar-refractivity contribution is 6.32. The second-order valence-electron chi connectivity index (χ2n) is 5.06.